The van der Waals surface area contributed by atoms with E-state index in [9.17, 15) is 4.79 Å². The van der Waals surface area contributed by atoms with E-state index < -0.39 is 0 Å². The van der Waals surface area contributed by atoms with Crippen molar-refractivity contribution in [1.82, 2.24) is 15.0 Å². The normalized spacial score (nSPS) is 10.6. The van der Waals surface area contributed by atoms with Crippen LogP contribution < -0.4 is 15.6 Å². The van der Waals surface area contributed by atoms with Crippen LogP contribution in [0.25, 0.3) is 11.4 Å². The summed E-state index contributed by atoms with van der Waals surface area (Å²) in [6, 6.07) is 11.0. The minimum atomic E-state index is -0.132. The van der Waals surface area contributed by atoms with E-state index in [4.69, 9.17) is 16.3 Å². The summed E-state index contributed by atoms with van der Waals surface area (Å²) in [7, 11) is 0. The van der Waals surface area contributed by atoms with Gasteiger partial charge < -0.3 is 15.0 Å². The van der Waals surface area contributed by atoms with Gasteiger partial charge in [-0.05, 0) is 44.2 Å². The summed E-state index contributed by atoms with van der Waals surface area (Å²) in [6.07, 6.45) is 1.67. The first-order valence-electron chi connectivity index (χ1n) is 8.19. The van der Waals surface area contributed by atoms with Crippen LogP contribution in [0.5, 0.6) is 5.75 Å². The Bertz CT molecular complexity index is 954. The summed E-state index contributed by atoms with van der Waals surface area (Å²) >= 11 is 5.91. The van der Waals surface area contributed by atoms with Gasteiger partial charge in [0.25, 0.3) is 5.56 Å². The second-order valence-corrected chi connectivity index (χ2v) is 6.23. The number of benzene rings is 1. The lowest BCUT2D eigenvalue weighted by Gasteiger charge is -2.09. The van der Waals surface area contributed by atoms with Crippen molar-refractivity contribution in [3.63, 3.8) is 0 Å². The number of hydrogen-bond donors (Lipinski definition) is 2. The van der Waals surface area contributed by atoms with Crippen LogP contribution in [0.4, 0.5) is 5.82 Å². The molecule has 26 heavy (non-hydrogen) atoms. The molecule has 2 N–H and O–H groups in total. The highest BCUT2D eigenvalue weighted by molar-refractivity contribution is 6.30. The number of rotatable bonds is 6. The van der Waals surface area contributed by atoms with Crippen molar-refractivity contribution in [2.75, 3.05) is 18.5 Å². The third kappa shape index (κ3) is 4.40. The number of hydrogen-bond acceptors (Lipinski definition) is 5. The minimum Gasteiger partial charge on any atom is -0.492 e. The van der Waals surface area contributed by atoms with Crippen LogP contribution in [-0.4, -0.2) is 28.1 Å². The van der Waals surface area contributed by atoms with Crippen molar-refractivity contribution in [2.45, 2.75) is 13.8 Å². The highest BCUT2D eigenvalue weighted by atomic mass is 35.5. The Balaban J connectivity index is 1.57. The molecule has 0 radical (unpaired) electrons. The number of ether oxygens (including phenoxy) is 1. The molecule has 0 aliphatic rings. The molecular weight excluding hydrogens is 352 g/mol. The van der Waals surface area contributed by atoms with E-state index in [1.165, 1.54) is 0 Å². The molecule has 3 rings (SSSR count). The molecule has 0 spiro atoms. The van der Waals surface area contributed by atoms with Crippen molar-refractivity contribution in [1.29, 1.82) is 0 Å². The maximum absolute atomic E-state index is 11.9. The highest BCUT2D eigenvalue weighted by Crippen LogP contribution is 2.17. The number of H-pyrrole nitrogens is 1. The van der Waals surface area contributed by atoms with Crippen LogP contribution in [0.2, 0.25) is 5.02 Å². The van der Waals surface area contributed by atoms with Crippen LogP contribution in [-0.2, 0) is 0 Å². The number of anilines is 1. The molecule has 134 valence electrons. The van der Waals surface area contributed by atoms with Gasteiger partial charge >= 0.3 is 0 Å². The van der Waals surface area contributed by atoms with Gasteiger partial charge in [-0.2, -0.15) is 0 Å². The molecule has 0 atom stereocenters. The van der Waals surface area contributed by atoms with Gasteiger partial charge in [-0.15, -0.1) is 0 Å². The second kappa shape index (κ2) is 8.01. The second-order valence-electron chi connectivity index (χ2n) is 5.79. The first-order chi connectivity index (χ1) is 12.5. The van der Waals surface area contributed by atoms with Gasteiger partial charge in [0.2, 0.25) is 0 Å². The summed E-state index contributed by atoms with van der Waals surface area (Å²) in [5.74, 6) is 1.96. The van der Waals surface area contributed by atoms with E-state index in [1.807, 2.05) is 31.2 Å². The molecule has 0 aliphatic carbocycles. The van der Waals surface area contributed by atoms with Gasteiger partial charge in [0.15, 0.2) is 0 Å². The molecule has 6 nitrogen and oxygen atoms in total. The van der Waals surface area contributed by atoms with Gasteiger partial charge in [0.1, 0.15) is 24.0 Å². The summed E-state index contributed by atoms with van der Waals surface area (Å²) in [4.78, 5) is 23.4. The SMILES string of the molecule is Cc1nc(-c2ccc(NCCOc3cccc(Cl)c3)nc2)[nH]c(=O)c1C. The average Bonchev–Trinajstić information content (AvgIpc) is 2.63. The van der Waals surface area contributed by atoms with E-state index in [-0.39, 0.29) is 5.56 Å². The Morgan fingerprint density at radius 3 is 2.77 bits per heavy atom. The third-order valence-electron chi connectivity index (χ3n) is 3.90. The van der Waals surface area contributed by atoms with E-state index in [0.717, 1.165) is 17.1 Å². The topological polar surface area (TPSA) is 79.9 Å². The first kappa shape index (κ1) is 17.9. The van der Waals surface area contributed by atoms with Crippen molar-refractivity contribution in [2.24, 2.45) is 0 Å². The third-order valence-corrected chi connectivity index (χ3v) is 4.14. The fourth-order valence-electron chi connectivity index (χ4n) is 2.33. The molecule has 0 unspecified atom stereocenters. The van der Waals surface area contributed by atoms with E-state index in [2.05, 4.69) is 20.3 Å². The Hall–Kier alpha value is -2.86. The predicted octanol–water partition coefficient (Wildman–Crippen LogP) is 3.59. The number of nitrogens with zero attached hydrogens (tertiary/aromatic N) is 2. The molecule has 3 aromatic rings. The molecule has 0 aliphatic heterocycles. The number of nitrogens with one attached hydrogen (secondary N) is 2. The van der Waals surface area contributed by atoms with Crippen LogP contribution >= 0.6 is 11.6 Å². The van der Waals surface area contributed by atoms with Crippen LogP contribution in [0.15, 0.2) is 47.4 Å². The Morgan fingerprint density at radius 1 is 1.23 bits per heavy atom. The summed E-state index contributed by atoms with van der Waals surface area (Å²) < 4.78 is 5.61. The molecule has 2 aromatic heterocycles. The average molecular weight is 371 g/mol. The molecule has 0 saturated heterocycles. The fraction of sp³-hybridized carbons (Fsp3) is 0.211. The van der Waals surface area contributed by atoms with E-state index in [1.54, 1.807) is 25.3 Å². The number of aromatic amines is 1. The van der Waals surface area contributed by atoms with E-state index >= 15 is 0 Å². The maximum Gasteiger partial charge on any atom is 0.254 e. The minimum absolute atomic E-state index is 0.132. The Kier molecular flexibility index (Phi) is 5.53. The zero-order chi connectivity index (χ0) is 18.5. The van der Waals surface area contributed by atoms with Gasteiger partial charge in [-0.3, -0.25) is 4.79 Å². The lowest BCUT2D eigenvalue weighted by atomic mass is 10.2. The number of aryl methyl sites for hydroxylation is 1. The van der Waals surface area contributed by atoms with Crippen LogP contribution in [0.1, 0.15) is 11.3 Å². The monoisotopic (exact) mass is 370 g/mol. The number of aromatic nitrogens is 3. The van der Waals surface area contributed by atoms with Gasteiger partial charge in [-0.1, -0.05) is 17.7 Å². The summed E-state index contributed by atoms with van der Waals surface area (Å²) in [5, 5.41) is 3.82. The summed E-state index contributed by atoms with van der Waals surface area (Å²) in [6.45, 7) is 4.65. The lowest BCUT2D eigenvalue weighted by Crippen LogP contribution is -2.14. The maximum atomic E-state index is 11.9. The molecule has 0 fully saturated rings. The first-order valence-corrected chi connectivity index (χ1v) is 8.57. The van der Waals surface area contributed by atoms with Gasteiger partial charge in [-0.25, -0.2) is 9.97 Å². The molecule has 1 aromatic carbocycles. The predicted molar refractivity (Wildman–Crippen MR) is 103 cm³/mol. The van der Waals surface area contributed by atoms with Crippen LogP contribution in [0.3, 0.4) is 0 Å². The molecule has 0 amide bonds. The van der Waals surface area contributed by atoms with Crippen molar-refractivity contribution in [3.8, 4) is 17.1 Å². The molecule has 7 heteroatoms. The van der Waals surface area contributed by atoms with Crippen molar-refractivity contribution in [3.05, 3.63) is 69.2 Å². The van der Waals surface area contributed by atoms with Crippen molar-refractivity contribution < 1.29 is 4.74 Å². The fourth-order valence-corrected chi connectivity index (χ4v) is 2.51. The number of pyridine rings is 1. The van der Waals surface area contributed by atoms with Gasteiger partial charge in [0.05, 0.1) is 6.54 Å². The number of halogens is 1. The molecular formula is C19H19ClN4O2. The van der Waals surface area contributed by atoms with Crippen molar-refractivity contribution >= 4 is 17.4 Å². The Morgan fingerprint density at radius 2 is 2.08 bits per heavy atom. The summed E-state index contributed by atoms with van der Waals surface area (Å²) in [5.41, 5.74) is 1.96. The largest absolute Gasteiger partial charge is 0.492 e. The zero-order valence-electron chi connectivity index (χ0n) is 14.5. The highest BCUT2D eigenvalue weighted by Gasteiger charge is 2.06. The Labute approximate surface area is 156 Å². The smallest absolute Gasteiger partial charge is 0.254 e. The standard InChI is InChI=1S/C19H19ClN4O2/c1-12-13(2)23-18(24-19(12)25)14-6-7-17(22-11-14)21-8-9-26-16-5-3-4-15(20)10-16/h3-7,10-11H,8-9H2,1-2H3,(H,21,22)(H,23,24,25). The lowest BCUT2D eigenvalue weighted by molar-refractivity contribution is 0.333. The molecule has 2 heterocycles. The molecule has 0 saturated carbocycles. The molecule has 0 bridgehead atoms. The van der Waals surface area contributed by atoms with Gasteiger partial charge in [0, 0.05) is 28.0 Å². The van der Waals surface area contributed by atoms with Crippen LogP contribution in [0, 0.1) is 13.8 Å². The zero-order valence-corrected chi connectivity index (χ0v) is 15.3. The van der Waals surface area contributed by atoms with E-state index in [0.29, 0.717) is 35.3 Å². The quantitative estimate of drug-likeness (QED) is 0.648.